The molecule has 20 heavy (non-hydrogen) atoms. The van der Waals surface area contributed by atoms with Crippen molar-refractivity contribution in [1.29, 1.82) is 0 Å². The standard InChI is InChI=1S/C13H16Cl2FNO2S/c14-7-2-8-17(11-3-1-4-11)20(18,19)13-9-10(16)5-6-12(13)15/h5-6,9,11H,1-4,7-8H2. The summed E-state index contributed by atoms with van der Waals surface area (Å²) >= 11 is 11.6. The van der Waals surface area contributed by atoms with Crippen LogP contribution in [0.5, 0.6) is 0 Å². The lowest BCUT2D eigenvalue weighted by Gasteiger charge is -2.36. The molecule has 0 bridgehead atoms. The summed E-state index contributed by atoms with van der Waals surface area (Å²) in [5.74, 6) is -0.228. The average molecular weight is 340 g/mol. The van der Waals surface area contributed by atoms with Crippen molar-refractivity contribution in [3.8, 4) is 0 Å². The molecule has 0 unspecified atom stereocenters. The van der Waals surface area contributed by atoms with Crippen LogP contribution in [0.25, 0.3) is 0 Å². The predicted molar refractivity (Wildman–Crippen MR) is 78.3 cm³/mol. The Morgan fingerprint density at radius 2 is 2.05 bits per heavy atom. The van der Waals surface area contributed by atoms with E-state index in [1.54, 1.807) is 0 Å². The highest BCUT2D eigenvalue weighted by Gasteiger charge is 2.35. The van der Waals surface area contributed by atoms with Gasteiger partial charge in [-0.2, -0.15) is 4.31 Å². The fourth-order valence-electron chi connectivity index (χ4n) is 2.19. The van der Waals surface area contributed by atoms with Crippen molar-refractivity contribution in [2.75, 3.05) is 12.4 Å². The van der Waals surface area contributed by atoms with E-state index in [1.165, 1.54) is 10.4 Å². The molecule has 0 aliphatic heterocycles. The number of alkyl halides is 1. The molecule has 0 amide bonds. The van der Waals surface area contributed by atoms with Crippen LogP contribution in [0.4, 0.5) is 4.39 Å². The fourth-order valence-corrected chi connectivity index (χ4v) is 4.52. The molecule has 0 spiro atoms. The first-order chi connectivity index (χ1) is 9.46. The summed E-state index contributed by atoms with van der Waals surface area (Å²) in [4.78, 5) is -0.166. The van der Waals surface area contributed by atoms with Crippen LogP contribution in [-0.2, 0) is 10.0 Å². The third-order valence-corrected chi connectivity index (χ3v) is 6.17. The molecule has 1 aliphatic rings. The second-order valence-corrected chi connectivity index (χ2v) is 7.46. The largest absolute Gasteiger partial charge is 0.244 e. The highest BCUT2D eigenvalue weighted by Crippen LogP contribution is 2.33. The van der Waals surface area contributed by atoms with Gasteiger partial charge in [0.15, 0.2) is 0 Å². The molecule has 7 heteroatoms. The molecule has 1 aromatic carbocycles. The lowest BCUT2D eigenvalue weighted by molar-refractivity contribution is 0.220. The summed E-state index contributed by atoms with van der Waals surface area (Å²) in [5, 5.41) is 0.0431. The minimum absolute atomic E-state index is 0.0254. The SMILES string of the molecule is O=S(=O)(c1cc(F)ccc1Cl)N(CCCCl)C1CCC1. The van der Waals surface area contributed by atoms with E-state index in [4.69, 9.17) is 23.2 Å². The van der Waals surface area contributed by atoms with Crippen LogP contribution in [0.2, 0.25) is 5.02 Å². The Morgan fingerprint density at radius 1 is 1.35 bits per heavy atom. The number of rotatable bonds is 6. The Kier molecular flexibility index (Phi) is 5.29. The zero-order chi connectivity index (χ0) is 14.8. The van der Waals surface area contributed by atoms with Gasteiger partial charge in [0.2, 0.25) is 10.0 Å². The zero-order valence-corrected chi connectivity index (χ0v) is 13.2. The third kappa shape index (κ3) is 3.27. The first-order valence-electron chi connectivity index (χ1n) is 6.49. The van der Waals surface area contributed by atoms with E-state index in [-0.39, 0.29) is 16.0 Å². The van der Waals surface area contributed by atoms with Crippen LogP contribution in [0.15, 0.2) is 23.1 Å². The average Bonchev–Trinajstić information content (AvgIpc) is 2.34. The minimum atomic E-state index is -3.78. The lowest BCUT2D eigenvalue weighted by Crippen LogP contribution is -2.44. The molecule has 0 aromatic heterocycles. The highest BCUT2D eigenvalue weighted by molar-refractivity contribution is 7.89. The van der Waals surface area contributed by atoms with Gasteiger partial charge < -0.3 is 0 Å². The number of nitrogens with zero attached hydrogens (tertiary/aromatic N) is 1. The molecule has 2 rings (SSSR count). The smallest absolute Gasteiger partial charge is 0.207 e. The normalized spacial score (nSPS) is 16.4. The summed E-state index contributed by atoms with van der Waals surface area (Å²) < 4.78 is 40.1. The van der Waals surface area contributed by atoms with Crippen molar-refractivity contribution in [2.45, 2.75) is 36.6 Å². The van der Waals surface area contributed by atoms with Gasteiger partial charge in [0.1, 0.15) is 10.7 Å². The van der Waals surface area contributed by atoms with E-state index in [0.29, 0.717) is 18.8 Å². The number of hydrogen-bond donors (Lipinski definition) is 0. The molecule has 0 N–H and O–H groups in total. The van der Waals surface area contributed by atoms with Gasteiger partial charge in [-0.3, -0.25) is 0 Å². The maximum absolute atomic E-state index is 13.3. The molecule has 0 saturated heterocycles. The Hall–Kier alpha value is -0.360. The van der Waals surface area contributed by atoms with Crippen LogP contribution in [0.1, 0.15) is 25.7 Å². The monoisotopic (exact) mass is 339 g/mol. The van der Waals surface area contributed by atoms with E-state index in [2.05, 4.69) is 0 Å². The molecule has 0 radical (unpaired) electrons. The van der Waals surface area contributed by atoms with Gasteiger partial charge >= 0.3 is 0 Å². The quantitative estimate of drug-likeness (QED) is 0.742. The van der Waals surface area contributed by atoms with Crippen molar-refractivity contribution in [3.63, 3.8) is 0 Å². The van der Waals surface area contributed by atoms with Gasteiger partial charge in [0.05, 0.1) is 5.02 Å². The molecular weight excluding hydrogens is 324 g/mol. The van der Waals surface area contributed by atoms with Crippen LogP contribution in [-0.4, -0.2) is 31.2 Å². The minimum Gasteiger partial charge on any atom is -0.207 e. The molecule has 0 atom stereocenters. The second-order valence-electron chi connectivity index (χ2n) is 4.82. The van der Waals surface area contributed by atoms with E-state index in [1.807, 2.05) is 0 Å². The lowest BCUT2D eigenvalue weighted by atomic mass is 9.93. The van der Waals surface area contributed by atoms with Crippen LogP contribution < -0.4 is 0 Å². The van der Waals surface area contributed by atoms with Crippen molar-refractivity contribution >= 4 is 33.2 Å². The van der Waals surface area contributed by atoms with Gasteiger partial charge in [-0.05, 0) is 37.5 Å². The molecule has 3 nitrogen and oxygen atoms in total. The first kappa shape index (κ1) is 16.0. The molecule has 112 valence electrons. The summed E-state index contributed by atoms with van der Waals surface area (Å²) in [7, 11) is -3.78. The maximum Gasteiger partial charge on any atom is 0.244 e. The van der Waals surface area contributed by atoms with E-state index >= 15 is 0 Å². The molecule has 1 aromatic rings. The summed E-state index contributed by atoms with van der Waals surface area (Å²) in [6.45, 7) is 0.337. The van der Waals surface area contributed by atoms with Crippen LogP contribution in [0.3, 0.4) is 0 Å². The van der Waals surface area contributed by atoms with Crippen LogP contribution in [0, 0.1) is 5.82 Å². The Labute approximate surface area is 128 Å². The predicted octanol–water partition coefficient (Wildman–Crippen LogP) is 3.65. The van der Waals surface area contributed by atoms with Gasteiger partial charge in [0.25, 0.3) is 0 Å². The third-order valence-electron chi connectivity index (χ3n) is 3.47. The van der Waals surface area contributed by atoms with E-state index in [9.17, 15) is 12.8 Å². The number of benzene rings is 1. The van der Waals surface area contributed by atoms with Crippen molar-refractivity contribution in [3.05, 3.63) is 29.0 Å². The number of sulfonamides is 1. The van der Waals surface area contributed by atoms with E-state index < -0.39 is 15.8 Å². The van der Waals surface area contributed by atoms with Gasteiger partial charge in [-0.15, -0.1) is 11.6 Å². The maximum atomic E-state index is 13.3. The fraction of sp³-hybridized carbons (Fsp3) is 0.538. The molecular formula is C13H16Cl2FNO2S. The topological polar surface area (TPSA) is 37.4 Å². The van der Waals surface area contributed by atoms with Crippen molar-refractivity contribution in [2.24, 2.45) is 0 Å². The Bertz CT molecular complexity index is 576. The first-order valence-corrected chi connectivity index (χ1v) is 8.85. The number of hydrogen-bond acceptors (Lipinski definition) is 2. The summed E-state index contributed by atoms with van der Waals surface area (Å²) in [5.41, 5.74) is 0. The second kappa shape index (κ2) is 6.60. The van der Waals surface area contributed by atoms with Gasteiger partial charge in [-0.1, -0.05) is 18.0 Å². The molecule has 1 aliphatic carbocycles. The summed E-state index contributed by atoms with van der Waals surface area (Å²) in [6, 6.07) is 3.37. The summed E-state index contributed by atoms with van der Waals surface area (Å²) in [6.07, 6.45) is 3.22. The molecule has 1 saturated carbocycles. The zero-order valence-electron chi connectivity index (χ0n) is 10.9. The van der Waals surface area contributed by atoms with E-state index in [0.717, 1.165) is 31.4 Å². The molecule has 1 fully saturated rings. The Morgan fingerprint density at radius 3 is 2.60 bits per heavy atom. The van der Waals surface area contributed by atoms with Gasteiger partial charge in [-0.25, -0.2) is 12.8 Å². The van der Waals surface area contributed by atoms with Crippen molar-refractivity contribution < 1.29 is 12.8 Å². The number of halogens is 3. The highest BCUT2D eigenvalue weighted by atomic mass is 35.5. The van der Waals surface area contributed by atoms with Crippen molar-refractivity contribution in [1.82, 2.24) is 4.31 Å². The molecule has 0 heterocycles. The van der Waals surface area contributed by atoms with Gasteiger partial charge in [0, 0.05) is 18.5 Å². The Balaban J connectivity index is 2.36. The van der Waals surface area contributed by atoms with Crippen LogP contribution >= 0.6 is 23.2 Å².